The quantitative estimate of drug-likeness (QED) is 0.671. The molecule has 80 valence electrons. The average molecular weight is 209 g/mol. The van der Waals surface area contributed by atoms with E-state index in [0.717, 1.165) is 0 Å². The summed E-state index contributed by atoms with van der Waals surface area (Å²) in [6.45, 7) is 6.46. The molecule has 0 aromatic heterocycles. The molecule has 1 atom stereocenters. The van der Waals surface area contributed by atoms with Crippen molar-refractivity contribution in [2.24, 2.45) is 11.3 Å². The maximum Gasteiger partial charge on any atom is 0.265 e. The Hall–Kier alpha value is -0.130. The summed E-state index contributed by atoms with van der Waals surface area (Å²) in [6, 6.07) is 0. The molecule has 0 heterocycles. The van der Waals surface area contributed by atoms with Crippen LogP contribution in [0, 0.1) is 11.3 Å². The van der Waals surface area contributed by atoms with Crippen molar-refractivity contribution in [3.63, 3.8) is 0 Å². The van der Waals surface area contributed by atoms with Crippen LogP contribution in [-0.4, -0.2) is 32.3 Å². The summed E-state index contributed by atoms with van der Waals surface area (Å²) >= 11 is 0. The van der Waals surface area contributed by atoms with E-state index in [1.165, 1.54) is 0 Å². The molecule has 0 fully saturated rings. The molecule has 0 saturated carbocycles. The second-order valence-corrected chi connectivity index (χ2v) is 5.87. The Balaban J connectivity index is 4.45. The van der Waals surface area contributed by atoms with E-state index in [1.807, 2.05) is 20.8 Å². The molecule has 0 amide bonds. The largest absolute Gasteiger partial charge is 0.319 e. The lowest BCUT2D eigenvalue weighted by Crippen LogP contribution is -2.35. The molecule has 0 aromatic rings. The van der Waals surface area contributed by atoms with Gasteiger partial charge in [0.2, 0.25) is 0 Å². The first-order valence-corrected chi connectivity index (χ1v) is 5.87. The smallest absolute Gasteiger partial charge is 0.265 e. The highest BCUT2D eigenvalue weighted by Crippen LogP contribution is 2.26. The van der Waals surface area contributed by atoms with Crippen LogP contribution in [0.3, 0.4) is 0 Å². The second-order valence-electron chi connectivity index (χ2n) is 4.37. The second kappa shape index (κ2) is 4.39. The summed E-state index contributed by atoms with van der Waals surface area (Å²) in [6.07, 6.45) is 0. The minimum Gasteiger partial charge on any atom is -0.319 e. The van der Waals surface area contributed by atoms with Crippen molar-refractivity contribution in [3.8, 4) is 0 Å². The van der Waals surface area contributed by atoms with Crippen molar-refractivity contribution >= 4 is 10.1 Å². The molecular formula is C8H19NO3S. The highest BCUT2D eigenvalue weighted by atomic mass is 32.2. The Bertz CT molecular complexity index is 241. The number of hydrogen-bond donors (Lipinski definition) is 2. The lowest BCUT2D eigenvalue weighted by atomic mass is 9.82. The van der Waals surface area contributed by atoms with Crippen LogP contribution in [0.5, 0.6) is 0 Å². The van der Waals surface area contributed by atoms with Crippen LogP contribution in [0.15, 0.2) is 0 Å². The third-order valence-corrected chi connectivity index (χ3v) is 2.91. The molecule has 0 aliphatic heterocycles. The molecule has 0 aliphatic carbocycles. The van der Waals surface area contributed by atoms with Gasteiger partial charge in [-0.2, -0.15) is 8.42 Å². The summed E-state index contributed by atoms with van der Waals surface area (Å²) in [5, 5.41) is 2.92. The molecule has 2 N–H and O–H groups in total. The Morgan fingerprint density at radius 1 is 1.38 bits per heavy atom. The van der Waals surface area contributed by atoms with Crippen LogP contribution >= 0.6 is 0 Å². The molecule has 0 aliphatic rings. The fraction of sp³-hybridized carbons (Fsp3) is 1.00. The van der Waals surface area contributed by atoms with Crippen LogP contribution in [0.4, 0.5) is 0 Å². The van der Waals surface area contributed by atoms with E-state index in [-0.39, 0.29) is 17.1 Å². The molecule has 0 rings (SSSR count). The molecule has 0 bridgehead atoms. The highest BCUT2D eigenvalue weighted by molar-refractivity contribution is 7.85. The first-order valence-electron chi connectivity index (χ1n) is 4.26. The van der Waals surface area contributed by atoms with Gasteiger partial charge in [0, 0.05) is 0 Å². The number of nitrogens with one attached hydrogen (secondary N) is 1. The predicted octanol–water partition coefficient (Wildman–Crippen LogP) is 0.756. The van der Waals surface area contributed by atoms with Crippen LogP contribution in [-0.2, 0) is 10.1 Å². The lowest BCUT2D eigenvalue weighted by molar-refractivity contribution is 0.255. The number of rotatable bonds is 4. The molecule has 0 spiro atoms. The van der Waals surface area contributed by atoms with E-state index < -0.39 is 10.1 Å². The molecular weight excluding hydrogens is 190 g/mol. The van der Waals surface area contributed by atoms with Crippen LogP contribution in [0.1, 0.15) is 20.8 Å². The van der Waals surface area contributed by atoms with Crippen molar-refractivity contribution in [1.29, 1.82) is 0 Å². The van der Waals surface area contributed by atoms with E-state index in [2.05, 4.69) is 5.32 Å². The van der Waals surface area contributed by atoms with E-state index in [9.17, 15) is 8.42 Å². The van der Waals surface area contributed by atoms with E-state index in [0.29, 0.717) is 6.54 Å². The zero-order valence-electron chi connectivity index (χ0n) is 8.66. The molecule has 13 heavy (non-hydrogen) atoms. The minimum atomic E-state index is -3.87. The number of hydrogen-bond acceptors (Lipinski definition) is 3. The van der Waals surface area contributed by atoms with Gasteiger partial charge in [0.05, 0.1) is 5.75 Å². The van der Waals surface area contributed by atoms with Gasteiger partial charge in [0.15, 0.2) is 0 Å². The van der Waals surface area contributed by atoms with Gasteiger partial charge in [-0.15, -0.1) is 0 Å². The van der Waals surface area contributed by atoms with Crippen molar-refractivity contribution in [2.45, 2.75) is 20.8 Å². The standard InChI is InChI=1S/C8H19NO3S/c1-8(2,3)7(5-9-4)6-13(10,11)12/h7,9H,5-6H2,1-4H3,(H,10,11,12). The van der Waals surface area contributed by atoms with Gasteiger partial charge in [-0.05, 0) is 24.9 Å². The first-order chi connectivity index (χ1) is 5.67. The third-order valence-electron chi connectivity index (χ3n) is 2.09. The summed E-state index contributed by atoms with van der Waals surface area (Å²) in [7, 11) is -2.10. The molecule has 1 unspecified atom stereocenters. The van der Waals surface area contributed by atoms with E-state index in [1.54, 1.807) is 7.05 Å². The SMILES string of the molecule is CNCC(CS(=O)(=O)O)C(C)(C)C. The normalized spacial score (nSPS) is 15.8. The van der Waals surface area contributed by atoms with Crippen LogP contribution in [0.25, 0.3) is 0 Å². The fourth-order valence-corrected chi connectivity index (χ4v) is 2.24. The Labute approximate surface area is 80.5 Å². The zero-order valence-corrected chi connectivity index (χ0v) is 9.48. The summed E-state index contributed by atoms with van der Waals surface area (Å²) in [4.78, 5) is 0. The van der Waals surface area contributed by atoms with Crippen molar-refractivity contribution in [1.82, 2.24) is 5.32 Å². The van der Waals surface area contributed by atoms with E-state index in [4.69, 9.17) is 4.55 Å². The summed E-state index contributed by atoms with van der Waals surface area (Å²) in [5.41, 5.74) is -0.126. The van der Waals surface area contributed by atoms with Crippen molar-refractivity contribution < 1.29 is 13.0 Å². The maximum absolute atomic E-state index is 10.7. The lowest BCUT2D eigenvalue weighted by Gasteiger charge is -2.29. The Morgan fingerprint density at radius 2 is 1.85 bits per heavy atom. The predicted molar refractivity (Wildman–Crippen MR) is 53.3 cm³/mol. The van der Waals surface area contributed by atoms with Gasteiger partial charge in [0.1, 0.15) is 0 Å². The van der Waals surface area contributed by atoms with Crippen molar-refractivity contribution in [2.75, 3.05) is 19.3 Å². The maximum atomic E-state index is 10.7. The van der Waals surface area contributed by atoms with Gasteiger partial charge in [-0.3, -0.25) is 4.55 Å². The third kappa shape index (κ3) is 6.01. The summed E-state index contributed by atoms with van der Waals surface area (Å²) < 4.78 is 30.1. The zero-order chi connectivity index (χ0) is 10.7. The average Bonchev–Trinajstić information content (AvgIpc) is 1.81. The van der Waals surface area contributed by atoms with Crippen LogP contribution < -0.4 is 5.32 Å². The van der Waals surface area contributed by atoms with Gasteiger partial charge in [0.25, 0.3) is 10.1 Å². The monoisotopic (exact) mass is 209 g/mol. The Kier molecular flexibility index (Phi) is 4.35. The molecule has 5 heteroatoms. The van der Waals surface area contributed by atoms with Gasteiger partial charge < -0.3 is 5.32 Å². The van der Waals surface area contributed by atoms with E-state index >= 15 is 0 Å². The van der Waals surface area contributed by atoms with Gasteiger partial charge in [-0.1, -0.05) is 20.8 Å². The minimum absolute atomic E-state index is 0.0764. The molecule has 4 nitrogen and oxygen atoms in total. The Morgan fingerprint density at radius 3 is 2.08 bits per heavy atom. The molecule has 0 saturated heterocycles. The van der Waals surface area contributed by atoms with Crippen LogP contribution in [0.2, 0.25) is 0 Å². The fourth-order valence-electron chi connectivity index (χ4n) is 1.12. The van der Waals surface area contributed by atoms with Gasteiger partial charge in [-0.25, -0.2) is 0 Å². The van der Waals surface area contributed by atoms with Gasteiger partial charge >= 0.3 is 0 Å². The van der Waals surface area contributed by atoms with Crippen molar-refractivity contribution in [3.05, 3.63) is 0 Å². The first kappa shape index (κ1) is 12.9. The highest BCUT2D eigenvalue weighted by Gasteiger charge is 2.27. The topological polar surface area (TPSA) is 66.4 Å². The molecule has 0 aromatic carbocycles. The molecule has 0 radical (unpaired) electrons. The summed E-state index contributed by atoms with van der Waals surface area (Å²) in [5.74, 6) is -0.260.